The van der Waals surface area contributed by atoms with E-state index in [0.717, 1.165) is 0 Å². The molecule has 0 aliphatic rings. The van der Waals surface area contributed by atoms with Crippen LogP contribution in [0.2, 0.25) is 0 Å². The minimum absolute atomic E-state index is 0.153. The molecule has 0 aliphatic heterocycles. The summed E-state index contributed by atoms with van der Waals surface area (Å²) in [5.41, 5.74) is 0.567. The fraction of sp³-hybridized carbons (Fsp3) is 0.357. The highest BCUT2D eigenvalue weighted by Gasteiger charge is 2.19. The average Bonchev–Trinajstić information content (AvgIpc) is 2.92. The van der Waals surface area contributed by atoms with Crippen molar-refractivity contribution in [2.24, 2.45) is 7.05 Å². The molecule has 0 spiro atoms. The minimum atomic E-state index is -0.334. The second-order valence-corrected chi connectivity index (χ2v) is 5.85. The topological polar surface area (TPSA) is 78.3 Å². The number of anilines is 1. The van der Waals surface area contributed by atoms with Gasteiger partial charge in [0.1, 0.15) is 17.8 Å². The zero-order valence-corrected chi connectivity index (χ0v) is 13.7. The minimum Gasteiger partial charge on any atom is -0.497 e. The Morgan fingerprint density at radius 1 is 1.36 bits per heavy atom. The van der Waals surface area contributed by atoms with Crippen LogP contribution in [-0.2, 0) is 11.8 Å². The highest BCUT2D eigenvalue weighted by molar-refractivity contribution is 8.00. The summed E-state index contributed by atoms with van der Waals surface area (Å²) < 4.78 is 12.2. The number of amides is 1. The van der Waals surface area contributed by atoms with Gasteiger partial charge in [0, 0.05) is 13.1 Å². The molecule has 0 fully saturated rings. The third-order valence-corrected chi connectivity index (χ3v) is 4.13. The predicted octanol–water partition coefficient (Wildman–Crippen LogP) is 1.95. The Hall–Kier alpha value is -2.22. The molecule has 0 radical (unpaired) electrons. The molecule has 0 aliphatic carbocycles. The van der Waals surface area contributed by atoms with Crippen molar-refractivity contribution < 1.29 is 14.3 Å². The Kier molecular flexibility index (Phi) is 5.26. The first-order valence-electron chi connectivity index (χ1n) is 6.58. The summed E-state index contributed by atoms with van der Waals surface area (Å²) in [5, 5.41) is 10.9. The molecule has 1 heterocycles. The predicted molar refractivity (Wildman–Crippen MR) is 84.5 cm³/mol. The van der Waals surface area contributed by atoms with E-state index in [9.17, 15) is 4.79 Å². The van der Waals surface area contributed by atoms with Crippen molar-refractivity contribution in [3.8, 4) is 11.5 Å². The fourth-order valence-electron chi connectivity index (χ4n) is 1.74. The lowest BCUT2D eigenvalue weighted by Crippen LogP contribution is -2.23. The van der Waals surface area contributed by atoms with E-state index in [4.69, 9.17) is 9.47 Å². The van der Waals surface area contributed by atoms with Crippen molar-refractivity contribution >= 4 is 23.4 Å². The maximum Gasteiger partial charge on any atom is 0.237 e. The van der Waals surface area contributed by atoms with Crippen LogP contribution in [0.15, 0.2) is 29.7 Å². The first-order valence-corrected chi connectivity index (χ1v) is 7.46. The second-order valence-electron chi connectivity index (χ2n) is 4.54. The smallest absolute Gasteiger partial charge is 0.237 e. The number of hydrogen-bond acceptors (Lipinski definition) is 6. The van der Waals surface area contributed by atoms with Crippen LogP contribution in [0.25, 0.3) is 0 Å². The van der Waals surface area contributed by atoms with Crippen LogP contribution in [0.4, 0.5) is 5.69 Å². The summed E-state index contributed by atoms with van der Waals surface area (Å²) >= 11 is 1.33. The number of hydrogen-bond donors (Lipinski definition) is 1. The average molecular weight is 322 g/mol. The highest BCUT2D eigenvalue weighted by Crippen LogP contribution is 2.30. The maximum absolute atomic E-state index is 12.3. The quantitative estimate of drug-likeness (QED) is 0.819. The molecule has 2 rings (SSSR count). The van der Waals surface area contributed by atoms with Gasteiger partial charge in [-0.15, -0.1) is 10.2 Å². The van der Waals surface area contributed by atoms with Crippen molar-refractivity contribution in [1.82, 2.24) is 14.8 Å². The molecule has 22 heavy (non-hydrogen) atoms. The van der Waals surface area contributed by atoms with Crippen molar-refractivity contribution in [3.05, 3.63) is 24.5 Å². The van der Waals surface area contributed by atoms with E-state index in [2.05, 4.69) is 15.5 Å². The second kappa shape index (κ2) is 7.17. The first-order chi connectivity index (χ1) is 10.5. The highest BCUT2D eigenvalue weighted by atomic mass is 32.2. The van der Waals surface area contributed by atoms with E-state index < -0.39 is 0 Å². The lowest BCUT2D eigenvalue weighted by Gasteiger charge is -2.14. The van der Waals surface area contributed by atoms with Crippen LogP contribution in [0.5, 0.6) is 11.5 Å². The van der Waals surface area contributed by atoms with E-state index in [1.165, 1.54) is 11.8 Å². The number of carbonyl (C=O) groups excluding carboxylic acids is 1. The molecule has 0 saturated heterocycles. The van der Waals surface area contributed by atoms with Crippen molar-refractivity contribution in [1.29, 1.82) is 0 Å². The number of ether oxygens (including phenoxy) is 2. The van der Waals surface area contributed by atoms with E-state index >= 15 is 0 Å². The summed E-state index contributed by atoms with van der Waals surface area (Å²) in [5.74, 6) is 1.06. The molecule has 118 valence electrons. The van der Waals surface area contributed by atoms with Crippen LogP contribution in [0.3, 0.4) is 0 Å². The van der Waals surface area contributed by atoms with Crippen LogP contribution >= 0.6 is 11.8 Å². The van der Waals surface area contributed by atoms with E-state index in [-0.39, 0.29) is 11.2 Å². The monoisotopic (exact) mass is 322 g/mol. The molecule has 2 aromatic rings. The number of thioether (sulfide) groups is 1. The standard InChI is InChI=1S/C14H18N4O3S/c1-9(22-14-17-15-8-18(14)2)13(19)16-11-7-10(20-3)5-6-12(11)21-4/h5-9H,1-4H3,(H,16,19)/t9-/m0/s1. The summed E-state index contributed by atoms with van der Waals surface area (Å²) in [6.07, 6.45) is 1.60. The zero-order valence-electron chi connectivity index (χ0n) is 12.9. The van der Waals surface area contributed by atoms with Gasteiger partial charge in [0.05, 0.1) is 25.2 Å². The molecule has 0 bridgehead atoms. The van der Waals surface area contributed by atoms with Gasteiger partial charge in [-0.2, -0.15) is 0 Å². The molecule has 0 saturated carbocycles. The van der Waals surface area contributed by atoms with Gasteiger partial charge < -0.3 is 19.4 Å². The lowest BCUT2D eigenvalue weighted by atomic mass is 10.2. The Morgan fingerprint density at radius 2 is 2.14 bits per heavy atom. The SMILES string of the molecule is COc1ccc(OC)c(NC(=O)[C@H](C)Sc2nncn2C)c1. The molecule has 1 aromatic heterocycles. The fourth-order valence-corrected chi connectivity index (χ4v) is 2.53. The molecule has 1 N–H and O–H groups in total. The molecule has 8 heteroatoms. The Morgan fingerprint density at radius 3 is 2.73 bits per heavy atom. The van der Waals surface area contributed by atoms with E-state index in [0.29, 0.717) is 22.3 Å². The van der Waals surface area contributed by atoms with Crippen LogP contribution in [0, 0.1) is 0 Å². The van der Waals surface area contributed by atoms with Gasteiger partial charge in [-0.1, -0.05) is 11.8 Å². The largest absolute Gasteiger partial charge is 0.497 e. The Labute approximate surface area is 133 Å². The summed E-state index contributed by atoms with van der Waals surface area (Å²) in [7, 11) is 4.95. The van der Waals surface area contributed by atoms with Gasteiger partial charge >= 0.3 is 0 Å². The molecular formula is C14H18N4O3S. The summed E-state index contributed by atoms with van der Waals surface area (Å²) in [6.45, 7) is 1.81. The van der Waals surface area contributed by atoms with Crippen molar-refractivity contribution in [2.75, 3.05) is 19.5 Å². The van der Waals surface area contributed by atoms with Gasteiger partial charge in [0.25, 0.3) is 0 Å². The van der Waals surface area contributed by atoms with Gasteiger partial charge in [0.2, 0.25) is 5.91 Å². The van der Waals surface area contributed by atoms with E-state index in [1.54, 1.807) is 50.2 Å². The van der Waals surface area contributed by atoms with E-state index in [1.807, 2.05) is 7.05 Å². The molecule has 1 aromatic carbocycles. The third-order valence-electron chi connectivity index (χ3n) is 2.99. The van der Waals surface area contributed by atoms with Gasteiger partial charge in [-0.3, -0.25) is 4.79 Å². The molecule has 0 unspecified atom stereocenters. The number of nitrogens with one attached hydrogen (secondary N) is 1. The number of aromatic nitrogens is 3. The van der Waals surface area contributed by atoms with Gasteiger partial charge in [-0.05, 0) is 19.1 Å². The van der Waals surface area contributed by atoms with Crippen LogP contribution in [-0.4, -0.2) is 40.1 Å². The third kappa shape index (κ3) is 3.70. The molecule has 1 amide bonds. The lowest BCUT2D eigenvalue weighted by molar-refractivity contribution is -0.115. The Bertz CT molecular complexity index is 659. The maximum atomic E-state index is 12.3. The molecular weight excluding hydrogens is 304 g/mol. The van der Waals surface area contributed by atoms with Gasteiger partial charge in [0.15, 0.2) is 5.16 Å². The molecule has 7 nitrogen and oxygen atoms in total. The normalized spacial score (nSPS) is 11.8. The molecule has 1 atom stereocenters. The van der Waals surface area contributed by atoms with Crippen LogP contribution in [0.1, 0.15) is 6.92 Å². The number of benzene rings is 1. The van der Waals surface area contributed by atoms with Crippen LogP contribution < -0.4 is 14.8 Å². The number of methoxy groups -OCH3 is 2. The van der Waals surface area contributed by atoms with Crippen molar-refractivity contribution in [2.45, 2.75) is 17.3 Å². The number of carbonyl (C=O) groups is 1. The number of rotatable bonds is 6. The number of nitrogens with zero attached hydrogens (tertiary/aromatic N) is 3. The Balaban J connectivity index is 2.09. The summed E-state index contributed by atoms with van der Waals surface area (Å²) in [4.78, 5) is 12.3. The van der Waals surface area contributed by atoms with Crippen molar-refractivity contribution in [3.63, 3.8) is 0 Å². The zero-order chi connectivity index (χ0) is 16.1. The van der Waals surface area contributed by atoms with Gasteiger partial charge in [-0.25, -0.2) is 0 Å². The summed E-state index contributed by atoms with van der Waals surface area (Å²) in [6, 6.07) is 5.23. The first kappa shape index (κ1) is 16.2. The number of aryl methyl sites for hydroxylation is 1.